The van der Waals surface area contributed by atoms with Gasteiger partial charge >= 0.3 is 0 Å². The normalized spacial score (nSPS) is 11.8. The van der Waals surface area contributed by atoms with Crippen molar-refractivity contribution in [2.45, 2.75) is 221 Å². The van der Waals surface area contributed by atoms with Crippen LogP contribution in [-0.2, 0) is 9.59 Å². The topological polar surface area (TPSA) is 61.4 Å². The largest absolute Gasteiger partial charge is 0.355 e. The number of carbonyl (C=O) groups is 2. The molecule has 0 radical (unpaired) electrons. The van der Waals surface area contributed by atoms with Crippen LogP contribution in [0, 0.1) is 0 Å². The number of rotatable bonds is 45. The van der Waals surface area contributed by atoms with Crippen LogP contribution in [0.25, 0.3) is 0 Å². The molecular weight excluding hydrogens is 717 g/mol. The first kappa shape index (κ1) is 54.6. The smallest absolute Gasteiger partial charge is 0.220 e. The Morgan fingerprint density at radius 2 is 0.764 bits per heavy atom. The summed E-state index contributed by atoms with van der Waals surface area (Å²) in [5.41, 5.74) is 0. The Morgan fingerprint density at radius 3 is 1.09 bits per heavy atom. The highest BCUT2D eigenvalue weighted by Crippen LogP contribution is 2.20. The Labute approximate surface area is 352 Å². The molecule has 2 amide bonds. The quantitative estimate of drug-likeness (QED) is 0.0364. The van der Waals surface area contributed by atoms with Crippen molar-refractivity contribution in [2.75, 3.05) is 70.4 Å². The minimum atomic E-state index is 0.199. The average Bonchev–Trinajstić information content (AvgIpc) is 3.19. The van der Waals surface area contributed by atoms with E-state index in [1.54, 1.807) is 21.6 Å². The van der Waals surface area contributed by atoms with Crippen LogP contribution in [0.3, 0.4) is 0 Å². The Bertz CT molecular complexity index is 810. The maximum absolute atomic E-state index is 12.2. The Morgan fingerprint density at radius 1 is 0.436 bits per heavy atom. The zero-order chi connectivity index (χ0) is 40.3. The van der Waals surface area contributed by atoms with Gasteiger partial charge in [0.1, 0.15) is 0 Å². The number of unbranched alkanes of at least 4 members (excludes halogenated alkanes) is 24. The third-order valence-corrected chi connectivity index (χ3v) is 14.4. The maximum Gasteiger partial charge on any atom is 0.220 e. The second kappa shape index (κ2) is 43.1. The van der Waals surface area contributed by atoms with Crippen molar-refractivity contribution >= 4 is 33.4 Å². The zero-order valence-corrected chi connectivity index (χ0v) is 39.4. The molecule has 0 spiro atoms. The van der Waals surface area contributed by atoms with Gasteiger partial charge < -0.3 is 20.0 Å². The van der Waals surface area contributed by atoms with Crippen LogP contribution >= 0.6 is 21.6 Å². The lowest BCUT2D eigenvalue weighted by molar-refractivity contribution is -0.925. The lowest BCUT2D eigenvalue weighted by Crippen LogP contribution is -2.48. The molecule has 0 bridgehead atoms. The van der Waals surface area contributed by atoms with E-state index >= 15 is 0 Å². The fraction of sp³-hybridized carbons (Fsp3) is 0.957. The number of carbonyl (C=O) groups excluding carboxylic acids is 2. The predicted molar refractivity (Wildman–Crippen MR) is 249 cm³/mol. The Kier molecular flexibility index (Phi) is 42.8. The van der Waals surface area contributed by atoms with Gasteiger partial charge in [0, 0.05) is 37.4 Å². The third-order valence-electron chi connectivity index (χ3n) is 11.9. The molecular formula is C47H97N4O2S2+. The molecule has 8 heteroatoms. The number of nitrogens with zero attached hydrogens (tertiary/aromatic N) is 2. The van der Waals surface area contributed by atoms with Gasteiger partial charge in [-0.15, -0.1) is 0 Å². The summed E-state index contributed by atoms with van der Waals surface area (Å²) in [6.45, 7) is 22.0. The van der Waals surface area contributed by atoms with Crippen LogP contribution < -0.4 is 10.6 Å². The van der Waals surface area contributed by atoms with Gasteiger partial charge in [0.15, 0.2) is 0 Å². The van der Waals surface area contributed by atoms with Gasteiger partial charge in [-0.05, 0) is 72.0 Å². The van der Waals surface area contributed by atoms with Gasteiger partial charge in [-0.25, -0.2) is 0 Å². The molecule has 2 N–H and O–H groups in total. The molecule has 0 aromatic carbocycles. The molecule has 6 nitrogen and oxygen atoms in total. The summed E-state index contributed by atoms with van der Waals surface area (Å²) < 4.78 is 1.33. The van der Waals surface area contributed by atoms with Crippen LogP contribution in [0.2, 0.25) is 0 Å². The van der Waals surface area contributed by atoms with E-state index in [2.05, 4.69) is 50.2 Å². The van der Waals surface area contributed by atoms with Crippen molar-refractivity contribution in [3.63, 3.8) is 0 Å². The number of hydrogen-bond acceptors (Lipinski definition) is 5. The monoisotopic (exact) mass is 814 g/mol. The molecule has 0 heterocycles. The van der Waals surface area contributed by atoms with E-state index in [-0.39, 0.29) is 11.8 Å². The van der Waals surface area contributed by atoms with Crippen molar-refractivity contribution in [3.8, 4) is 0 Å². The van der Waals surface area contributed by atoms with Crippen molar-refractivity contribution in [1.82, 2.24) is 15.5 Å². The molecule has 0 aromatic rings. The average molecular weight is 814 g/mol. The maximum atomic E-state index is 12.2. The van der Waals surface area contributed by atoms with Gasteiger partial charge in [-0.1, -0.05) is 177 Å². The first-order chi connectivity index (χ1) is 27.0. The Balaban J connectivity index is 3.33. The minimum Gasteiger partial charge on any atom is -0.355 e. The molecule has 328 valence electrons. The highest BCUT2D eigenvalue weighted by molar-refractivity contribution is 8.76. The first-order valence-electron chi connectivity index (χ1n) is 24.3. The lowest BCUT2D eigenvalue weighted by atomic mass is 10.0. The van der Waals surface area contributed by atoms with E-state index in [0.29, 0.717) is 12.8 Å². The molecule has 55 heavy (non-hydrogen) atoms. The van der Waals surface area contributed by atoms with Crippen molar-refractivity contribution in [1.29, 1.82) is 0 Å². The van der Waals surface area contributed by atoms with Gasteiger partial charge in [0.25, 0.3) is 0 Å². The minimum absolute atomic E-state index is 0.199. The predicted octanol–water partition coefficient (Wildman–Crippen LogP) is 13.1. The van der Waals surface area contributed by atoms with Crippen LogP contribution in [0.15, 0.2) is 0 Å². The number of quaternary nitrogens is 1. The molecule has 0 saturated carbocycles. The summed E-state index contributed by atoms with van der Waals surface area (Å²) in [5, 5.41) is 6.15. The van der Waals surface area contributed by atoms with E-state index in [1.807, 2.05) is 0 Å². The summed E-state index contributed by atoms with van der Waals surface area (Å²) in [7, 11) is 3.58. The van der Waals surface area contributed by atoms with Gasteiger partial charge in [0.05, 0.1) is 26.2 Å². The first-order valence-corrected chi connectivity index (χ1v) is 26.8. The molecule has 0 saturated heterocycles. The second-order valence-electron chi connectivity index (χ2n) is 16.5. The summed E-state index contributed by atoms with van der Waals surface area (Å²) >= 11 is 0. The number of amides is 2. The van der Waals surface area contributed by atoms with Crippen LogP contribution in [0.5, 0.6) is 0 Å². The third kappa shape index (κ3) is 37.6. The van der Waals surface area contributed by atoms with Gasteiger partial charge in [0.2, 0.25) is 11.8 Å². The number of nitrogens with one attached hydrogen (secondary N) is 2. The second-order valence-corrected chi connectivity index (χ2v) is 19.2. The summed E-state index contributed by atoms with van der Waals surface area (Å²) in [6, 6.07) is 0. The van der Waals surface area contributed by atoms with Crippen molar-refractivity contribution < 1.29 is 14.1 Å². The van der Waals surface area contributed by atoms with Crippen LogP contribution in [0.1, 0.15) is 221 Å². The molecule has 0 aliphatic carbocycles. The van der Waals surface area contributed by atoms with Crippen LogP contribution in [-0.4, -0.2) is 91.6 Å². The highest BCUT2D eigenvalue weighted by Gasteiger charge is 2.20. The highest BCUT2D eigenvalue weighted by atomic mass is 33.1. The van der Waals surface area contributed by atoms with E-state index in [4.69, 9.17) is 0 Å². The van der Waals surface area contributed by atoms with E-state index in [1.165, 1.54) is 211 Å². The molecule has 0 aromatic heterocycles. The summed E-state index contributed by atoms with van der Waals surface area (Å²) in [6.07, 6.45) is 37.3. The zero-order valence-electron chi connectivity index (χ0n) is 37.8. The van der Waals surface area contributed by atoms with Crippen molar-refractivity contribution in [2.24, 2.45) is 0 Å². The van der Waals surface area contributed by atoms with E-state index < -0.39 is 0 Å². The fourth-order valence-electron chi connectivity index (χ4n) is 7.98. The fourth-order valence-corrected chi connectivity index (χ4v) is 9.80. The van der Waals surface area contributed by atoms with Gasteiger partial charge in [-0.3, -0.25) is 9.59 Å². The van der Waals surface area contributed by atoms with Gasteiger partial charge in [-0.2, -0.15) is 0 Å². The molecule has 0 atom stereocenters. The Hall–Kier alpha value is -0.440. The number of hydrogen-bond donors (Lipinski definition) is 2. The molecule has 0 aliphatic rings. The van der Waals surface area contributed by atoms with E-state index in [0.717, 1.165) is 37.4 Å². The lowest BCUT2D eigenvalue weighted by Gasteiger charge is -2.36. The van der Waals surface area contributed by atoms with Crippen LogP contribution in [0.4, 0.5) is 0 Å². The summed E-state index contributed by atoms with van der Waals surface area (Å²) in [5.74, 6) is 2.23. The SMILES string of the molecule is CCC[N+](CC)(CC)CCCCCCCCCCCCCCCC(=O)NCCSSCCNC(=O)CCCCCCCCCCCCCCCN(CC)CC. The standard InChI is InChI=1S/C47H96N4O2S2/c1-6-42-51(9-4,10-5)43-36-32-28-24-20-16-12-14-18-22-26-30-34-38-47(53)49-40-45-55-54-44-39-48-46(52)37-33-29-25-21-17-13-11-15-19-23-27-31-35-41-50(7-2)8-3/h6-45H2,1-5H3,(H-,48,49,52,53)/p+1. The molecule has 0 unspecified atom stereocenters. The van der Waals surface area contributed by atoms with E-state index in [9.17, 15) is 9.59 Å². The summed E-state index contributed by atoms with van der Waals surface area (Å²) in [4.78, 5) is 26.8. The molecule has 0 fully saturated rings. The van der Waals surface area contributed by atoms with Crippen molar-refractivity contribution in [3.05, 3.63) is 0 Å². The molecule has 0 aliphatic heterocycles. The molecule has 0 rings (SSSR count).